The molecule has 2 amide bonds. The van der Waals surface area contributed by atoms with Gasteiger partial charge < -0.3 is 35.0 Å². The number of carbonyl (C=O) groups is 2. The Morgan fingerprint density at radius 2 is 1.61 bits per heavy atom. The molecule has 1 heterocycles. The van der Waals surface area contributed by atoms with Gasteiger partial charge in [0.25, 0.3) is 11.8 Å². The first-order valence-electron chi connectivity index (χ1n) is 10.1. The molecule has 0 saturated carbocycles. The zero-order valence-electron chi connectivity index (χ0n) is 17.2. The van der Waals surface area contributed by atoms with Gasteiger partial charge in [0.2, 0.25) is 0 Å². The Morgan fingerprint density at radius 3 is 2.19 bits per heavy atom. The van der Waals surface area contributed by atoms with Crippen LogP contribution in [-0.2, 0) is 4.79 Å². The SMILES string of the molecule is CCOc1ccccc1OCC(=O)N1CCC(NC(=O)c2cc(O)c(O)c(O)c2)CC1. The monoisotopic (exact) mass is 430 g/mol. The minimum Gasteiger partial charge on any atom is -0.504 e. The van der Waals surface area contributed by atoms with Crippen LogP contribution in [0.4, 0.5) is 0 Å². The number of para-hydroxylation sites is 2. The second-order valence-electron chi connectivity index (χ2n) is 7.16. The van der Waals surface area contributed by atoms with E-state index in [1.807, 2.05) is 19.1 Å². The number of rotatable bonds is 7. The lowest BCUT2D eigenvalue weighted by atomic mass is 10.0. The Labute approximate surface area is 179 Å². The van der Waals surface area contributed by atoms with E-state index in [-0.39, 0.29) is 24.1 Å². The summed E-state index contributed by atoms with van der Waals surface area (Å²) in [6.07, 6.45) is 1.12. The molecule has 0 radical (unpaired) electrons. The predicted molar refractivity (Wildman–Crippen MR) is 112 cm³/mol. The number of ether oxygens (including phenoxy) is 2. The highest BCUT2D eigenvalue weighted by Crippen LogP contribution is 2.35. The first-order chi connectivity index (χ1) is 14.9. The number of phenols is 3. The van der Waals surface area contributed by atoms with E-state index in [2.05, 4.69) is 5.32 Å². The van der Waals surface area contributed by atoms with Gasteiger partial charge in [0.15, 0.2) is 35.4 Å². The molecule has 1 aliphatic heterocycles. The van der Waals surface area contributed by atoms with E-state index in [0.29, 0.717) is 44.0 Å². The van der Waals surface area contributed by atoms with Crippen molar-refractivity contribution in [2.75, 3.05) is 26.3 Å². The first kappa shape index (κ1) is 22.1. The lowest BCUT2D eigenvalue weighted by Crippen LogP contribution is -2.47. The van der Waals surface area contributed by atoms with Crippen LogP contribution in [0.1, 0.15) is 30.1 Å². The van der Waals surface area contributed by atoms with Crippen molar-refractivity contribution in [2.45, 2.75) is 25.8 Å². The van der Waals surface area contributed by atoms with Crippen LogP contribution in [0.3, 0.4) is 0 Å². The number of amides is 2. The molecule has 31 heavy (non-hydrogen) atoms. The van der Waals surface area contributed by atoms with Crippen molar-refractivity contribution in [3.05, 3.63) is 42.0 Å². The summed E-state index contributed by atoms with van der Waals surface area (Å²) in [4.78, 5) is 26.5. The Kier molecular flexibility index (Phi) is 7.07. The highest BCUT2D eigenvalue weighted by Gasteiger charge is 2.25. The summed E-state index contributed by atoms with van der Waals surface area (Å²) in [5.74, 6) is -1.34. The molecule has 0 aliphatic carbocycles. The van der Waals surface area contributed by atoms with Crippen molar-refractivity contribution in [3.63, 3.8) is 0 Å². The van der Waals surface area contributed by atoms with E-state index >= 15 is 0 Å². The molecule has 2 aromatic rings. The highest BCUT2D eigenvalue weighted by molar-refractivity contribution is 5.95. The van der Waals surface area contributed by atoms with Crippen LogP contribution in [0.15, 0.2) is 36.4 Å². The Hall–Kier alpha value is -3.62. The fourth-order valence-corrected chi connectivity index (χ4v) is 3.35. The van der Waals surface area contributed by atoms with Gasteiger partial charge in [-0.05, 0) is 44.0 Å². The molecule has 166 valence electrons. The smallest absolute Gasteiger partial charge is 0.260 e. The van der Waals surface area contributed by atoms with E-state index in [0.717, 1.165) is 12.1 Å². The number of nitrogens with zero attached hydrogens (tertiary/aromatic N) is 1. The third-order valence-electron chi connectivity index (χ3n) is 5.01. The lowest BCUT2D eigenvalue weighted by molar-refractivity contribution is -0.134. The topological polar surface area (TPSA) is 129 Å². The Bertz CT molecular complexity index is 916. The van der Waals surface area contributed by atoms with Crippen LogP contribution >= 0.6 is 0 Å². The maximum Gasteiger partial charge on any atom is 0.260 e. The van der Waals surface area contributed by atoms with Crippen LogP contribution in [0.5, 0.6) is 28.7 Å². The summed E-state index contributed by atoms with van der Waals surface area (Å²) >= 11 is 0. The van der Waals surface area contributed by atoms with Gasteiger partial charge in [-0.1, -0.05) is 12.1 Å². The Morgan fingerprint density at radius 1 is 1.03 bits per heavy atom. The maximum absolute atomic E-state index is 12.5. The van der Waals surface area contributed by atoms with Gasteiger partial charge in [0, 0.05) is 24.7 Å². The van der Waals surface area contributed by atoms with Gasteiger partial charge >= 0.3 is 0 Å². The number of hydrogen-bond acceptors (Lipinski definition) is 7. The zero-order valence-corrected chi connectivity index (χ0v) is 17.2. The van der Waals surface area contributed by atoms with Crippen LogP contribution in [-0.4, -0.2) is 64.4 Å². The standard InChI is InChI=1S/C22H26N2O7/c1-2-30-18-5-3-4-6-19(18)31-13-20(27)24-9-7-15(8-10-24)23-22(29)14-11-16(25)21(28)17(26)12-14/h3-6,11-12,15,25-26,28H,2,7-10,13H2,1H3,(H,23,29). The van der Waals surface area contributed by atoms with Crippen molar-refractivity contribution in [1.82, 2.24) is 10.2 Å². The van der Waals surface area contributed by atoms with Gasteiger partial charge in [-0.15, -0.1) is 0 Å². The van der Waals surface area contributed by atoms with E-state index in [1.165, 1.54) is 0 Å². The molecular formula is C22H26N2O7. The summed E-state index contributed by atoms with van der Waals surface area (Å²) < 4.78 is 11.1. The van der Waals surface area contributed by atoms with Crippen molar-refractivity contribution >= 4 is 11.8 Å². The molecule has 0 aromatic heterocycles. The van der Waals surface area contributed by atoms with Crippen molar-refractivity contribution in [3.8, 4) is 28.7 Å². The lowest BCUT2D eigenvalue weighted by Gasteiger charge is -2.32. The third kappa shape index (κ3) is 5.50. The summed E-state index contributed by atoms with van der Waals surface area (Å²) in [6.45, 7) is 3.20. The number of nitrogens with one attached hydrogen (secondary N) is 1. The molecule has 0 bridgehead atoms. The summed E-state index contributed by atoms with van der Waals surface area (Å²) in [5, 5.41) is 31.3. The zero-order chi connectivity index (χ0) is 22.4. The van der Waals surface area contributed by atoms with Crippen LogP contribution in [0.2, 0.25) is 0 Å². The summed E-state index contributed by atoms with van der Waals surface area (Å²) in [6, 6.07) is 9.18. The fourth-order valence-electron chi connectivity index (χ4n) is 3.35. The number of likely N-dealkylation sites (tertiary alicyclic amines) is 1. The molecule has 1 aliphatic rings. The van der Waals surface area contributed by atoms with Gasteiger partial charge in [0.1, 0.15) is 0 Å². The molecule has 9 nitrogen and oxygen atoms in total. The van der Waals surface area contributed by atoms with Crippen LogP contribution in [0, 0.1) is 0 Å². The second kappa shape index (κ2) is 9.92. The molecule has 1 saturated heterocycles. The average molecular weight is 430 g/mol. The third-order valence-corrected chi connectivity index (χ3v) is 5.01. The van der Waals surface area contributed by atoms with Gasteiger partial charge in [0.05, 0.1) is 6.61 Å². The largest absolute Gasteiger partial charge is 0.504 e. The van der Waals surface area contributed by atoms with Crippen molar-refractivity contribution in [2.24, 2.45) is 0 Å². The number of carbonyl (C=O) groups excluding carboxylic acids is 2. The van der Waals surface area contributed by atoms with E-state index in [9.17, 15) is 24.9 Å². The number of hydrogen-bond donors (Lipinski definition) is 4. The number of aromatic hydroxyl groups is 3. The molecule has 1 fully saturated rings. The molecular weight excluding hydrogens is 404 g/mol. The molecule has 0 unspecified atom stereocenters. The van der Waals surface area contributed by atoms with E-state index in [1.54, 1.807) is 17.0 Å². The van der Waals surface area contributed by atoms with Crippen LogP contribution < -0.4 is 14.8 Å². The number of piperidine rings is 1. The highest BCUT2D eigenvalue weighted by atomic mass is 16.5. The summed E-state index contributed by atoms with van der Waals surface area (Å²) in [5.41, 5.74) is 0.0349. The van der Waals surface area contributed by atoms with Gasteiger partial charge in [-0.2, -0.15) is 0 Å². The van der Waals surface area contributed by atoms with Gasteiger partial charge in [-0.25, -0.2) is 0 Å². The quantitative estimate of drug-likeness (QED) is 0.495. The molecule has 9 heteroatoms. The first-order valence-corrected chi connectivity index (χ1v) is 10.1. The van der Waals surface area contributed by atoms with Crippen molar-refractivity contribution in [1.29, 1.82) is 0 Å². The molecule has 3 rings (SSSR count). The molecule has 4 N–H and O–H groups in total. The Balaban J connectivity index is 1.48. The average Bonchev–Trinajstić information content (AvgIpc) is 2.77. The van der Waals surface area contributed by atoms with Gasteiger partial charge in [-0.3, -0.25) is 9.59 Å². The summed E-state index contributed by atoms with van der Waals surface area (Å²) in [7, 11) is 0. The number of phenolic OH excluding ortho intramolecular Hbond substituents is 3. The normalized spacial score (nSPS) is 14.2. The second-order valence-corrected chi connectivity index (χ2v) is 7.16. The fraction of sp³-hybridized carbons (Fsp3) is 0.364. The van der Waals surface area contributed by atoms with E-state index in [4.69, 9.17) is 9.47 Å². The maximum atomic E-state index is 12.5. The minimum atomic E-state index is -0.672. The molecule has 2 aromatic carbocycles. The van der Waals surface area contributed by atoms with Crippen molar-refractivity contribution < 1.29 is 34.4 Å². The van der Waals surface area contributed by atoms with Crippen LogP contribution in [0.25, 0.3) is 0 Å². The molecule has 0 spiro atoms. The number of benzene rings is 2. The molecule has 0 atom stereocenters. The predicted octanol–water partition coefficient (Wildman–Crippen LogP) is 2.00. The van der Waals surface area contributed by atoms with E-state index < -0.39 is 23.2 Å². The minimum absolute atomic E-state index is 0.0349.